The highest BCUT2D eigenvalue weighted by molar-refractivity contribution is 7.88. The summed E-state index contributed by atoms with van der Waals surface area (Å²) in [6, 6.07) is 0. The predicted octanol–water partition coefficient (Wildman–Crippen LogP) is -2.25. The lowest BCUT2D eigenvalue weighted by atomic mass is 10.2. The van der Waals surface area contributed by atoms with E-state index in [0.29, 0.717) is 52.4 Å². The summed E-state index contributed by atoms with van der Waals surface area (Å²) < 4.78 is 29.8. The van der Waals surface area contributed by atoms with Crippen LogP contribution in [0.1, 0.15) is 0 Å². The average molecular weight is 320 g/mol. The zero-order chi connectivity index (χ0) is 15.5. The van der Waals surface area contributed by atoms with Crippen molar-refractivity contribution in [3.63, 3.8) is 0 Å². The summed E-state index contributed by atoms with van der Waals surface area (Å²) >= 11 is 0. The van der Waals surface area contributed by atoms with E-state index in [1.807, 2.05) is 4.90 Å². The molecular formula is C12H24N4O4S. The van der Waals surface area contributed by atoms with Crippen molar-refractivity contribution in [2.75, 3.05) is 65.2 Å². The van der Waals surface area contributed by atoms with E-state index in [1.54, 1.807) is 4.90 Å². The van der Waals surface area contributed by atoms with Crippen molar-refractivity contribution in [2.45, 2.75) is 6.10 Å². The summed E-state index contributed by atoms with van der Waals surface area (Å²) in [5.41, 5.74) is 5.59. The summed E-state index contributed by atoms with van der Waals surface area (Å²) in [5, 5.41) is 0. The Morgan fingerprint density at radius 1 is 1.24 bits per heavy atom. The number of morpholine rings is 1. The van der Waals surface area contributed by atoms with Gasteiger partial charge in [-0.05, 0) is 0 Å². The predicted molar refractivity (Wildman–Crippen MR) is 78.2 cm³/mol. The molecule has 2 saturated heterocycles. The minimum atomic E-state index is -3.16. The molecule has 122 valence electrons. The van der Waals surface area contributed by atoms with Crippen LogP contribution in [0.2, 0.25) is 0 Å². The number of sulfonamides is 1. The number of piperazine rings is 1. The molecule has 2 heterocycles. The Morgan fingerprint density at radius 3 is 2.48 bits per heavy atom. The second-order valence-electron chi connectivity index (χ2n) is 5.51. The van der Waals surface area contributed by atoms with Crippen LogP contribution in [0, 0.1) is 0 Å². The SMILES string of the molecule is CS(=O)(=O)N1CCN(C(=O)CN2CCOC(CN)C2)CC1. The zero-order valence-electron chi connectivity index (χ0n) is 12.4. The summed E-state index contributed by atoms with van der Waals surface area (Å²) in [6.45, 7) is 4.45. The van der Waals surface area contributed by atoms with Crippen LogP contribution in [-0.4, -0.2) is 99.8 Å². The molecule has 9 heteroatoms. The molecule has 21 heavy (non-hydrogen) atoms. The number of carbonyl (C=O) groups excluding carboxylic acids is 1. The molecule has 2 aliphatic heterocycles. The minimum Gasteiger partial charge on any atom is -0.374 e. The smallest absolute Gasteiger partial charge is 0.236 e. The fraction of sp³-hybridized carbons (Fsp3) is 0.917. The van der Waals surface area contributed by atoms with Crippen molar-refractivity contribution in [1.29, 1.82) is 0 Å². The first-order chi connectivity index (χ1) is 9.90. The van der Waals surface area contributed by atoms with Gasteiger partial charge in [-0.25, -0.2) is 8.42 Å². The van der Waals surface area contributed by atoms with Gasteiger partial charge in [0.05, 0.1) is 25.5 Å². The lowest BCUT2D eigenvalue weighted by molar-refractivity contribution is -0.135. The van der Waals surface area contributed by atoms with E-state index in [9.17, 15) is 13.2 Å². The number of nitrogens with two attached hydrogens (primary N) is 1. The Hall–Kier alpha value is -0.740. The lowest BCUT2D eigenvalue weighted by Crippen LogP contribution is -2.54. The van der Waals surface area contributed by atoms with Gasteiger partial charge in [-0.2, -0.15) is 4.31 Å². The lowest BCUT2D eigenvalue weighted by Gasteiger charge is -2.36. The Bertz CT molecular complexity index is 462. The molecule has 0 aromatic rings. The molecule has 8 nitrogen and oxygen atoms in total. The molecule has 0 saturated carbocycles. The van der Waals surface area contributed by atoms with Gasteiger partial charge in [-0.15, -0.1) is 0 Å². The van der Waals surface area contributed by atoms with Crippen molar-refractivity contribution < 1.29 is 17.9 Å². The number of carbonyl (C=O) groups is 1. The van der Waals surface area contributed by atoms with E-state index in [4.69, 9.17) is 10.5 Å². The first kappa shape index (κ1) is 16.6. The van der Waals surface area contributed by atoms with Gasteiger partial charge in [0.25, 0.3) is 0 Å². The molecule has 0 spiro atoms. The summed E-state index contributed by atoms with van der Waals surface area (Å²) in [4.78, 5) is 16.0. The van der Waals surface area contributed by atoms with Gasteiger partial charge in [0, 0.05) is 45.8 Å². The quantitative estimate of drug-likeness (QED) is 0.629. The van der Waals surface area contributed by atoms with Crippen molar-refractivity contribution in [3.05, 3.63) is 0 Å². The molecule has 2 fully saturated rings. The molecule has 2 rings (SSSR count). The summed E-state index contributed by atoms with van der Waals surface area (Å²) in [7, 11) is -3.16. The average Bonchev–Trinajstić information content (AvgIpc) is 2.46. The Labute approximate surface area is 125 Å². The third-order valence-electron chi connectivity index (χ3n) is 3.91. The van der Waals surface area contributed by atoms with Crippen molar-refractivity contribution >= 4 is 15.9 Å². The molecule has 2 N–H and O–H groups in total. The zero-order valence-corrected chi connectivity index (χ0v) is 13.2. The number of amides is 1. The van der Waals surface area contributed by atoms with Gasteiger partial charge >= 0.3 is 0 Å². The number of ether oxygens (including phenoxy) is 1. The van der Waals surface area contributed by atoms with Crippen LogP contribution in [0.15, 0.2) is 0 Å². The van der Waals surface area contributed by atoms with E-state index in [1.165, 1.54) is 10.6 Å². The van der Waals surface area contributed by atoms with Crippen LogP contribution in [0.3, 0.4) is 0 Å². The second kappa shape index (κ2) is 7.01. The molecule has 2 aliphatic rings. The highest BCUT2D eigenvalue weighted by Crippen LogP contribution is 2.08. The fourth-order valence-electron chi connectivity index (χ4n) is 2.63. The Balaban J connectivity index is 1.80. The maximum atomic E-state index is 12.3. The van der Waals surface area contributed by atoms with E-state index >= 15 is 0 Å². The van der Waals surface area contributed by atoms with Crippen LogP contribution < -0.4 is 5.73 Å². The highest BCUT2D eigenvalue weighted by Gasteiger charge is 2.28. The van der Waals surface area contributed by atoms with Gasteiger partial charge in [0.2, 0.25) is 15.9 Å². The number of hydrogen-bond donors (Lipinski definition) is 1. The molecule has 1 unspecified atom stereocenters. The van der Waals surface area contributed by atoms with Gasteiger partial charge in [0.15, 0.2) is 0 Å². The third-order valence-corrected chi connectivity index (χ3v) is 5.21. The van der Waals surface area contributed by atoms with E-state index in [2.05, 4.69) is 0 Å². The molecular weight excluding hydrogens is 296 g/mol. The van der Waals surface area contributed by atoms with Crippen molar-refractivity contribution in [1.82, 2.24) is 14.1 Å². The van der Waals surface area contributed by atoms with Crippen LogP contribution in [0.25, 0.3) is 0 Å². The van der Waals surface area contributed by atoms with Crippen molar-refractivity contribution in [3.8, 4) is 0 Å². The van der Waals surface area contributed by atoms with E-state index < -0.39 is 10.0 Å². The number of rotatable bonds is 4. The molecule has 0 radical (unpaired) electrons. The largest absolute Gasteiger partial charge is 0.374 e. The summed E-state index contributed by atoms with van der Waals surface area (Å²) in [5.74, 6) is 0.0424. The topological polar surface area (TPSA) is 96.2 Å². The van der Waals surface area contributed by atoms with E-state index in [-0.39, 0.29) is 12.0 Å². The van der Waals surface area contributed by atoms with Gasteiger partial charge in [-0.1, -0.05) is 0 Å². The minimum absolute atomic E-state index is 0.00590. The molecule has 0 bridgehead atoms. The normalized spacial score (nSPS) is 26.0. The highest BCUT2D eigenvalue weighted by atomic mass is 32.2. The Morgan fingerprint density at radius 2 is 1.90 bits per heavy atom. The summed E-state index contributed by atoms with van der Waals surface area (Å²) in [6.07, 6.45) is 1.19. The van der Waals surface area contributed by atoms with Gasteiger partial charge in [-0.3, -0.25) is 9.69 Å². The maximum absolute atomic E-state index is 12.3. The molecule has 0 aromatic carbocycles. The van der Waals surface area contributed by atoms with Gasteiger partial charge in [0.1, 0.15) is 0 Å². The first-order valence-electron chi connectivity index (χ1n) is 7.17. The third kappa shape index (κ3) is 4.62. The number of nitrogens with zero attached hydrogens (tertiary/aromatic N) is 3. The molecule has 1 atom stereocenters. The standard InChI is InChI=1S/C12H24N4O4S/c1-21(18,19)16-4-2-15(3-5-16)12(17)10-14-6-7-20-11(8-13)9-14/h11H,2-10,13H2,1H3. The first-order valence-corrected chi connectivity index (χ1v) is 9.02. The number of hydrogen-bond acceptors (Lipinski definition) is 6. The monoisotopic (exact) mass is 320 g/mol. The van der Waals surface area contributed by atoms with Crippen LogP contribution >= 0.6 is 0 Å². The van der Waals surface area contributed by atoms with Gasteiger partial charge < -0.3 is 15.4 Å². The van der Waals surface area contributed by atoms with Crippen molar-refractivity contribution in [2.24, 2.45) is 5.73 Å². The van der Waals surface area contributed by atoms with Crippen LogP contribution in [0.5, 0.6) is 0 Å². The fourth-order valence-corrected chi connectivity index (χ4v) is 3.45. The second-order valence-corrected chi connectivity index (χ2v) is 7.49. The molecule has 0 aromatic heterocycles. The molecule has 1 amide bonds. The maximum Gasteiger partial charge on any atom is 0.236 e. The van der Waals surface area contributed by atoms with Crippen LogP contribution in [0.4, 0.5) is 0 Å². The molecule has 0 aliphatic carbocycles. The van der Waals surface area contributed by atoms with Crippen LogP contribution in [-0.2, 0) is 19.6 Å². The van der Waals surface area contributed by atoms with E-state index in [0.717, 1.165) is 6.54 Å². The Kier molecular flexibility index (Phi) is 5.55.